The van der Waals surface area contributed by atoms with Gasteiger partial charge in [-0.2, -0.15) is 8.42 Å². The van der Waals surface area contributed by atoms with Gasteiger partial charge < -0.3 is 10.1 Å². The Morgan fingerprint density at radius 2 is 1.76 bits per heavy atom. The van der Waals surface area contributed by atoms with Crippen molar-refractivity contribution >= 4 is 16.2 Å². The fourth-order valence-corrected chi connectivity index (χ4v) is 3.91. The van der Waals surface area contributed by atoms with E-state index < -0.39 is 21.8 Å². The number of carbonyl (C=O) groups is 1. The number of rotatable bonds is 4. The fourth-order valence-electron chi connectivity index (χ4n) is 3.45. The smallest absolute Gasteiger partial charge is 0.408 e. The van der Waals surface area contributed by atoms with Crippen LogP contribution in [-0.2, 0) is 19.0 Å². The normalized spacial score (nSPS) is 32.2. The maximum absolute atomic E-state index is 12.0. The molecular formula is C14H25NO5S. The number of nitrogens with one attached hydrogen (secondary N) is 1. The number of hydrogen-bond donors (Lipinski definition) is 1. The summed E-state index contributed by atoms with van der Waals surface area (Å²) in [6.45, 7) is 5.71. The van der Waals surface area contributed by atoms with E-state index in [0.717, 1.165) is 38.4 Å². The van der Waals surface area contributed by atoms with Crippen LogP contribution >= 0.6 is 0 Å². The predicted octanol–water partition coefficient (Wildman–Crippen LogP) is 2.19. The molecule has 1 N–H and O–H groups in total. The number of hydrogen-bond acceptors (Lipinski definition) is 5. The summed E-state index contributed by atoms with van der Waals surface area (Å²) >= 11 is 0. The molecule has 0 aromatic rings. The second-order valence-corrected chi connectivity index (χ2v) is 9.19. The lowest BCUT2D eigenvalue weighted by Crippen LogP contribution is -2.47. The van der Waals surface area contributed by atoms with Crippen molar-refractivity contribution in [1.82, 2.24) is 5.32 Å². The van der Waals surface area contributed by atoms with Crippen LogP contribution in [0.2, 0.25) is 0 Å². The standard InChI is InChI=1S/C14H25NO5S/c1-12(2,3)20-11(16)15-14-7-5-13(9-14,6-8-14)10-19-21(4,17)18/h5-10H2,1-4H3,(H,15,16). The molecule has 2 fully saturated rings. The van der Waals surface area contributed by atoms with E-state index in [0.29, 0.717) is 0 Å². The first kappa shape index (κ1) is 16.5. The van der Waals surface area contributed by atoms with Gasteiger partial charge in [0.15, 0.2) is 0 Å². The molecule has 0 saturated heterocycles. The SMILES string of the molecule is CC(C)(C)OC(=O)NC12CCC(COS(C)(=O)=O)(CC1)C2. The first-order chi connectivity index (χ1) is 9.43. The molecule has 0 aromatic carbocycles. The average Bonchev–Trinajstić information content (AvgIpc) is 2.78. The third-order valence-corrected chi connectivity index (χ3v) is 4.87. The van der Waals surface area contributed by atoms with E-state index in [4.69, 9.17) is 8.92 Å². The van der Waals surface area contributed by atoms with Gasteiger partial charge in [-0.15, -0.1) is 0 Å². The van der Waals surface area contributed by atoms with E-state index in [1.54, 1.807) is 0 Å². The van der Waals surface area contributed by atoms with Gasteiger partial charge in [0.1, 0.15) is 5.60 Å². The van der Waals surface area contributed by atoms with Gasteiger partial charge in [-0.05, 0) is 58.3 Å². The molecule has 0 aromatic heterocycles. The summed E-state index contributed by atoms with van der Waals surface area (Å²) in [5.74, 6) is 0. The first-order valence-corrected chi connectivity index (χ1v) is 9.10. The molecule has 0 heterocycles. The van der Waals surface area contributed by atoms with Crippen molar-refractivity contribution in [2.24, 2.45) is 5.41 Å². The van der Waals surface area contributed by atoms with Crippen LogP contribution in [0.25, 0.3) is 0 Å². The van der Waals surface area contributed by atoms with Gasteiger partial charge >= 0.3 is 6.09 Å². The molecule has 0 spiro atoms. The van der Waals surface area contributed by atoms with Gasteiger partial charge in [0.2, 0.25) is 0 Å². The van der Waals surface area contributed by atoms with E-state index in [9.17, 15) is 13.2 Å². The summed E-state index contributed by atoms with van der Waals surface area (Å²) in [4.78, 5) is 12.0. The maximum atomic E-state index is 12.0. The monoisotopic (exact) mass is 319 g/mol. The summed E-state index contributed by atoms with van der Waals surface area (Å²) in [5, 5.41) is 3.00. The highest BCUT2D eigenvalue weighted by molar-refractivity contribution is 7.85. The molecule has 2 aliphatic rings. The Labute approximate surface area is 126 Å². The van der Waals surface area contributed by atoms with Crippen LogP contribution in [0.5, 0.6) is 0 Å². The van der Waals surface area contributed by atoms with E-state index in [2.05, 4.69) is 5.32 Å². The highest BCUT2D eigenvalue weighted by atomic mass is 32.2. The molecule has 2 bridgehead atoms. The topological polar surface area (TPSA) is 81.7 Å². The third-order valence-electron chi connectivity index (χ3n) is 4.33. The van der Waals surface area contributed by atoms with Crippen LogP contribution in [0.1, 0.15) is 52.9 Å². The van der Waals surface area contributed by atoms with Gasteiger partial charge in [0.05, 0.1) is 12.9 Å². The largest absolute Gasteiger partial charge is 0.444 e. The number of fused-ring (bicyclic) bond motifs is 2. The Hall–Kier alpha value is -0.820. The molecule has 7 heteroatoms. The Kier molecular flexibility index (Phi) is 4.04. The predicted molar refractivity (Wildman–Crippen MR) is 78.4 cm³/mol. The summed E-state index contributed by atoms with van der Waals surface area (Å²) in [6.07, 6.45) is 4.87. The second kappa shape index (κ2) is 5.12. The molecule has 2 aliphatic carbocycles. The van der Waals surface area contributed by atoms with Crippen LogP contribution in [0, 0.1) is 5.41 Å². The summed E-state index contributed by atoms with van der Waals surface area (Å²) < 4.78 is 32.6. The zero-order chi connectivity index (χ0) is 15.9. The molecular weight excluding hydrogens is 294 g/mol. The van der Waals surface area contributed by atoms with E-state index in [1.807, 2.05) is 20.8 Å². The van der Waals surface area contributed by atoms with E-state index >= 15 is 0 Å². The minimum atomic E-state index is -3.42. The second-order valence-electron chi connectivity index (χ2n) is 7.55. The average molecular weight is 319 g/mol. The van der Waals surface area contributed by atoms with Gasteiger partial charge in [0.25, 0.3) is 10.1 Å². The molecule has 1 amide bonds. The van der Waals surface area contributed by atoms with Gasteiger partial charge in [-0.25, -0.2) is 4.79 Å². The molecule has 0 aliphatic heterocycles. The zero-order valence-electron chi connectivity index (χ0n) is 13.2. The molecule has 0 radical (unpaired) electrons. The van der Waals surface area contributed by atoms with Gasteiger partial charge in [-0.1, -0.05) is 0 Å². The number of amides is 1. The lowest BCUT2D eigenvalue weighted by molar-refractivity contribution is 0.0458. The summed E-state index contributed by atoms with van der Waals surface area (Å²) in [6, 6.07) is 0. The molecule has 0 atom stereocenters. The van der Waals surface area contributed by atoms with Crippen molar-refractivity contribution in [3.63, 3.8) is 0 Å². The highest BCUT2D eigenvalue weighted by Gasteiger charge is 2.55. The minimum absolute atomic E-state index is 0.127. The van der Waals surface area contributed by atoms with Crippen LogP contribution < -0.4 is 5.32 Å². The van der Waals surface area contributed by atoms with Crippen molar-refractivity contribution in [2.75, 3.05) is 12.9 Å². The quantitative estimate of drug-likeness (QED) is 0.803. The Balaban J connectivity index is 1.94. The summed E-state index contributed by atoms with van der Waals surface area (Å²) in [7, 11) is -3.42. The Bertz CT molecular complexity index is 512. The van der Waals surface area contributed by atoms with E-state index in [1.165, 1.54) is 0 Å². The highest BCUT2D eigenvalue weighted by Crippen LogP contribution is 2.56. The molecule has 2 saturated carbocycles. The van der Waals surface area contributed by atoms with Crippen molar-refractivity contribution in [1.29, 1.82) is 0 Å². The zero-order valence-corrected chi connectivity index (χ0v) is 14.0. The molecule has 6 nitrogen and oxygen atoms in total. The van der Waals surface area contributed by atoms with Crippen LogP contribution in [0.3, 0.4) is 0 Å². The van der Waals surface area contributed by atoms with Crippen molar-refractivity contribution in [3.05, 3.63) is 0 Å². The van der Waals surface area contributed by atoms with Gasteiger partial charge in [-0.3, -0.25) is 4.18 Å². The Morgan fingerprint density at radius 3 is 2.24 bits per heavy atom. The lowest BCUT2D eigenvalue weighted by Gasteiger charge is -2.30. The fraction of sp³-hybridized carbons (Fsp3) is 0.929. The third kappa shape index (κ3) is 4.32. The molecule has 122 valence electrons. The molecule has 2 rings (SSSR count). The Morgan fingerprint density at radius 1 is 1.19 bits per heavy atom. The maximum Gasteiger partial charge on any atom is 0.408 e. The minimum Gasteiger partial charge on any atom is -0.444 e. The van der Waals surface area contributed by atoms with Crippen LogP contribution in [0.15, 0.2) is 0 Å². The van der Waals surface area contributed by atoms with Crippen LogP contribution in [-0.4, -0.2) is 38.5 Å². The summed E-state index contributed by atoms with van der Waals surface area (Å²) in [5.41, 5.74) is -0.907. The number of alkyl carbamates (subject to hydrolysis) is 1. The number of ether oxygens (including phenoxy) is 1. The first-order valence-electron chi connectivity index (χ1n) is 7.28. The number of carbonyl (C=O) groups excluding carboxylic acids is 1. The molecule has 21 heavy (non-hydrogen) atoms. The molecule has 0 unspecified atom stereocenters. The van der Waals surface area contributed by atoms with Crippen LogP contribution in [0.4, 0.5) is 4.79 Å². The van der Waals surface area contributed by atoms with Crippen molar-refractivity contribution < 1.29 is 22.1 Å². The van der Waals surface area contributed by atoms with Crippen molar-refractivity contribution in [3.8, 4) is 0 Å². The lowest BCUT2D eigenvalue weighted by atomic mass is 9.85. The van der Waals surface area contributed by atoms with E-state index in [-0.39, 0.29) is 17.6 Å². The van der Waals surface area contributed by atoms with Gasteiger partial charge in [0, 0.05) is 5.54 Å². The van der Waals surface area contributed by atoms with Crippen molar-refractivity contribution in [2.45, 2.75) is 64.0 Å².